The van der Waals surface area contributed by atoms with Crippen LogP contribution in [0.4, 0.5) is 0 Å². The molecule has 0 atom stereocenters. The van der Waals surface area contributed by atoms with Crippen LogP contribution in [0.2, 0.25) is 0 Å². The first kappa shape index (κ1) is 15.2. The van der Waals surface area contributed by atoms with E-state index in [4.69, 9.17) is 0 Å². The topological polar surface area (TPSA) is 77.2 Å². The third kappa shape index (κ3) is 4.77. The highest BCUT2D eigenvalue weighted by Crippen LogP contribution is 2.10. The quantitative estimate of drug-likeness (QED) is 0.582. The van der Waals surface area contributed by atoms with E-state index in [0.29, 0.717) is 13.1 Å². The van der Waals surface area contributed by atoms with E-state index in [1.807, 2.05) is 26.0 Å². The summed E-state index contributed by atoms with van der Waals surface area (Å²) in [6, 6.07) is 1.64. The summed E-state index contributed by atoms with van der Waals surface area (Å²) in [7, 11) is 2.36. The molecule has 0 saturated carbocycles. The van der Waals surface area contributed by atoms with E-state index in [1.54, 1.807) is 6.07 Å². The van der Waals surface area contributed by atoms with Crippen LogP contribution in [0.15, 0.2) is 17.2 Å². The standard InChI is InChI=1S/C11H22N4O2S/c1-12-8-10-7-11(9-13-10)18(16,17)14-5-4-6-15(2)3/h7,9,12-14H,4-6,8H2,1-3H3. The van der Waals surface area contributed by atoms with Crippen LogP contribution in [0.5, 0.6) is 0 Å². The molecule has 1 heterocycles. The van der Waals surface area contributed by atoms with Crippen molar-refractivity contribution >= 4 is 10.0 Å². The van der Waals surface area contributed by atoms with Crippen molar-refractivity contribution in [2.24, 2.45) is 0 Å². The molecule has 0 aliphatic rings. The molecular formula is C11H22N4O2S. The molecule has 3 N–H and O–H groups in total. The van der Waals surface area contributed by atoms with E-state index in [1.165, 1.54) is 6.20 Å². The normalized spacial score (nSPS) is 12.2. The fourth-order valence-corrected chi connectivity index (χ4v) is 2.64. The molecule has 0 amide bonds. The van der Waals surface area contributed by atoms with Gasteiger partial charge in [0.1, 0.15) is 0 Å². The summed E-state index contributed by atoms with van der Waals surface area (Å²) in [5.41, 5.74) is 0.853. The number of sulfonamides is 1. The van der Waals surface area contributed by atoms with Crippen molar-refractivity contribution in [1.29, 1.82) is 0 Å². The highest BCUT2D eigenvalue weighted by molar-refractivity contribution is 7.89. The first-order valence-electron chi connectivity index (χ1n) is 5.92. The van der Waals surface area contributed by atoms with E-state index in [-0.39, 0.29) is 4.90 Å². The van der Waals surface area contributed by atoms with Crippen LogP contribution >= 0.6 is 0 Å². The van der Waals surface area contributed by atoms with Gasteiger partial charge >= 0.3 is 0 Å². The zero-order chi connectivity index (χ0) is 13.6. The van der Waals surface area contributed by atoms with E-state index in [0.717, 1.165) is 18.7 Å². The Morgan fingerprint density at radius 2 is 2.11 bits per heavy atom. The van der Waals surface area contributed by atoms with E-state index in [9.17, 15) is 8.42 Å². The van der Waals surface area contributed by atoms with Gasteiger partial charge in [0.25, 0.3) is 0 Å². The van der Waals surface area contributed by atoms with Gasteiger partial charge in [-0.15, -0.1) is 0 Å². The molecule has 1 aromatic heterocycles. The second-order valence-electron chi connectivity index (χ2n) is 4.45. The number of hydrogen-bond donors (Lipinski definition) is 3. The summed E-state index contributed by atoms with van der Waals surface area (Å²) in [4.78, 5) is 5.24. The zero-order valence-corrected chi connectivity index (χ0v) is 12.0. The predicted octanol–water partition coefficient (Wildman–Crippen LogP) is -0.0359. The number of nitrogens with one attached hydrogen (secondary N) is 3. The summed E-state index contributed by atoms with van der Waals surface area (Å²) in [5.74, 6) is 0. The predicted molar refractivity (Wildman–Crippen MR) is 71.9 cm³/mol. The molecule has 0 saturated heterocycles. The maximum absolute atomic E-state index is 11.9. The minimum Gasteiger partial charge on any atom is -0.363 e. The zero-order valence-electron chi connectivity index (χ0n) is 11.2. The molecule has 0 aromatic carbocycles. The van der Waals surface area contributed by atoms with Gasteiger partial charge in [0.15, 0.2) is 0 Å². The summed E-state index contributed by atoms with van der Waals surface area (Å²) < 4.78 is 26.4. The summed E-state index contributed by atoms with van der Waals surface area (Å²) in [5, 5.41) is 2.96. The first-order valence-corrected chi connectivity index (χ1v) is 7.40. The minimum absolute atomic E-state index is 0.289. The van der Waals surface area contributed by atoms with Crippen LogP contribution in [0.1, 0.15) is 12.1 Å². The number of H-pyrrole nitrogens is 1. The number of hydrogen-bond acceptors (Lipinski definition) is 4. The Bertz CT molecular complexity index is 453. The van der Waals surface area contributed by atoms with Crippen molar-refractivity contribution < 1.29 is 8.42 Å². The van der Waals surface area contributed by atoms with Gasteiger partial charge in [0, 0.05) is 25.0 Å². The molecule has 0 spiro atoms. The van der Waals surface area contributed by atoms with Crippen LogP contribution in [-0.4, -0.2) is 52.5 Å². The van der Waals surface area contributed by atoms with Crippen LogP contribution in [-0.2, 0) is 16.6 Å². The Morgan fingerprint density at radius 3 is 2.72 bits per heavy atom. The molecule has 7 heteroatoms. The van der Waals surface area contributed by atoms with Gasteiger partial charge in [-0.2, -0.15) is 0 Å². The maximum Gasteiger partial charge on any atom is 0.242 e. The van der Waals surface area contributed by atoms with Crippen molar-refractivity contribution in [2.75, 3.05) is 34.2 Å². The molecule has 1 aromatic rings. The summed E-state index contributed by atoms with van der Waals surface area (Å²) >= 11 is 0. The Balaban J connectivity index is 2.51. The number of aromatic amines is 1. The molecule has 1 rings (SSSR count). The molecule has 0 aliphatic carbocycles. The van der Waals surface area contributed by atoms with Crippen molar-refractivity contribution in [2.45, 2.75) is 17.9 Å². The fourth-order valence-electron chi connectivity index (χ4n) is 1.55. The number of rotatable bonds is 8. The number of aromatic nitrogens is 1. The smallest absolute Gasteiger partial charge is 0.242 e. The monoisotopic (exact) mass is 274 g/mol. The van der Waals surface area contributed by atoms with Gasteiger partial charge < -0.3 is 15.2 Å². The largest absolute Gasteiger partial charge is 0.363 e. The van der Waals surface area contributed by atoms with Crippen molar-refractivity contribution in [3.05, 3.63) is 18.0 Å². The SMILES string of the molecule is CNCc1cc(S(=O)(=O)NCCCN(C)C)c[nH]1. The third-order valence-corrected chi connectivity index (χ3v) is 3.91. The van der Waals surface area contributed by atoms with Crippen LogP contribution in [0, 0.1) is 0 Å². The van der Waals surface area contributed by atoms with Crippen molar-refractivity contribution in [1.82, 2.24) is 19.9 Å². The van der Waals surface area contributed by atoms with Gasteiger partial charge in [0.2, 0.25) is 10.0 Å². The number of nitrogens with zero attached hydrogens (tertiary/aromatic N) is 1. The Hall–Kier alpha value is -0.890. The molecule has 0 fully saturated rings. The van der Waals surface area contributed by atoms with Crippen LogP contribution in [0.25, 0.3) is 0 Å². The molecule has 0 radical (unpaired) electrons. The van der Waals surface area contributed by atoms with E-state index in [2.05, 4.69) is 15.0 Å². The molecule has 104 valence electrons. The minimum atomic E-state index is -3.38. The molecule has 0 bridgehead atoms. The van der Waals surface area contributed by atoms with Crippen LogP contribution < -0.4 is 10.0 Å². The lowest BCUT2D eigenvalue weighted by Crippen LogP contribution is -2.27. The van der Waals surface area contributed by atoms with Gasteiger partial charge in [0.05, 0.1) is 4.90 Å². The average Bonchev–Trinajstić information content (AvgIpc) is 2.74. The highest BCUT2D eigenvalue weighted by Gasteiger charge is 2.14. The summed E-state index contributed by atoms with van der Waals surface area (Å²) in [6.45, 7) is 1.93. The summed E-state index contributed by atoms with van der Waals surface area (Å²) in [6.07, 6.45) is 2.31. The Kier molecular flexibility index (Phi) is 5.80. The van der Waals surface area contributed by atoms with Crippen LogP contribution in [0.3, 0.4) is 0 Å². The first-order chi connectivity index (χ1) is 8.45. The lowest BCUT2D eigenvalue weighted by Gasteiger charge is -2.09. The molecule has 0 unspecified atom stereocenters. The average molecular weight is 274 g/mol. The van der Waals surface area contributed by atoms with Gasteiger partial charge in [-0.1, -0.05) is 0 Å². The molecule has 0 aliphatic heterocycles. The fraction of sp³-hybridized carbons (Fsp3) is 0.636. The highest BCUT2D eigenvalue weighted by atomic mass is 32.2. The van der Waals surface area contributed by atoms with Crippen molar-refractivity contribution in [3.63, 3.8) is 0 Å². The third-order valence-electron chi connectivity index (χ3n) is 2.47. The van der Waals surface area contributed by atoms with E-state index >= 15 is 0 Å². The van der Waals surface area contributed by atoms with Gasteiger partial charge in [-0.05, 0) is 40.2 Å². The van der Waals surface area contributed by atoms with E-state index < -0.39 is 10.0 Å². The maximum atomic E-state index is 11.9. The second-order valence-corrected chi connectivity index (χ2v) is 6.21. The lowest BCUT2D eigenvalue weighted by atomic mass is 10.4. The van der Waals surface area contributed by atoms with Gasteiger partial charge in [-0.25, -0.2) is 13.1 Å². The van der Waals surface area contributed by atoms with Crippen molar-refractivity contribution in [3.8, 4) is 0 Å². The Morgan fingerprint density at radius 1 is 1.39 bits per heavy atom. The Labute approximate surface area is 109 Å². The lowest BCUT2D eigenvalue weighted by molar-refractivity contribution is 0.400. The molecule has 18 heavy (non-hydrogen) atoms. The second kappa shape index (κ2) is 6.89. The van der Waals surface area contributed by atoms with Gasteiger partial charge in [-0.3, -0.25) is 0 Å². The molecular weight excluding hydrogens is 252 g/mol. The molecule has 6 nitrogen and oxygen atoms in total.